The molecule has 2 aromatic rings. The summed E-state index contributed by atoms with van der Waals surface area (Å²) in [5.74, 6) is 0. The fourth-order valence-electron chi connectivity index (χ4n) is 3.62. The van der Waals surface area contributed by atoms with Gasteiger partial charge in [0, 0.05) is 0 Å². The molecule has 0 amide bonds. The van der Waals surface area contributed by atoms with Crippen molar-refractivity contribution in [1.29, 1.82) is 0 Å². The first-order valence-electron chi connectivity index (χ1n) is 9.10. The van der Waals surface area contributed by atoms with E-state index in [2.05, 4.69) is 81.1 Å². The maximum atomic E-state index is 2.55. The second-order valence-electron chi connectivity index (χ2n) is 9.60. The van der Waals surface area contributed by atoms with Crippen molar-refractivity contribution in [3.05, 3.63) is 52.6 Å². The Balaban J connectivity index is 2.25. The van der Waals surface area contributed by atoms with Gasteiger partial charge in [0.25, 0.3) is 0 Å². The summed E-state index contributed by atoms with van der Waals surface area (Å²) in [6.07, 6.45) is 1.14. The summed E-state index contributed by atoms with van der Waals surface area (Å²) in [6, 6.07) is 12.2. The first kappa shape index (κ1) is 18.1. The van der Waals surface area contributed by atoms with Crippen LogP contribution in [-0.2, 0) is 39.0 Å². The average molecular weight is 399 g/mol. The topological polar surface area (TPSA) is 0 Å². The fourth-order valence-corrected chi connectivity index (χ4v) is 6.74. The summed E-state index contributed by atoms with van der Waals surface area (Å²) in [6.45, 7) is 14.0. The third-order valence-corrected chi connectivity index (χ3v) is 9.03. The fraction of sp³-hybridized carbons (Fsp3) is 0.478. The normalized spacial score (nSPS) is 13.7. The number of rotatable bonds is 1. The van der Waals surface area contributed by atoms with Gasteiger partial charge in [0.2, 0.25) is 0 Å². The summed E-state index contributed by atoms with van der Waals surface area (Å²) in [7, 11) is 0. The van der Waals surface area contributed by atoms with Crippen LogP contribution < -0.4 is 3.27 Å². The summed E-state index contributed by atoms with van der Waals surface area (Å²) in [5.41, 5.74) is 9.56. The van der Waals surface area contributed by atoms with Crippen LogP contribution in [0.1, 0.15) is 63.8 Å². The number of benzene rings is 2. The van der Waals surface area contributed by atoms with Gasteiger partial charge in [0.1, 0.15) is 0 Å². The van der Waals surface area contributed by atoms with Gasteiger partial charge in [-0.3, -0.25) is 0 Å². The van der Waals surface area contributed by atoms with Crippen molar-refractivity contribution in [1.82, 2.24) is 0 Å². The Hall–Kier alpha value is -0.677. The van der Waals surface area contributed by atoms with E-state index in [9.17, 15) is 0 Å². The van der Waals surface area contributed by atoms with Gasteiger partial charge in [-0.1, -0.05) is 0 Å². The average Bonchev–Trinajstić information content (AvgIpc) is 2.81. The van der Waals surface area contributed by atoms with Crippen LogP contribution in [-0.4, -0.2) is 0 Å². The summed E-state index contributed by atoms with van der Waals surface area (Å²) >= 11 is -1.44. The van der Waals surface area contributed by atoms with Crippen molar-refractivity contribution in [3.8, 4) is 11.1 Å². The standard InChI is InChI=1S/C21H25.2CH3.Zr/c1-20(2,3)16-9-7-14-11-15-8-10-17(21(4,5)6)13-19(15)18(14)12-16;;;/h7,9-10,12-13H,11H2,1-6H3;2*1H3;. The Kier molecular flexibility index (Phi) is 4.49. The first-order chi connectivity index (χ1) is 11.0. The van der Waals surface area contributed by atoms with Crippen LogP contribution in [0.3, 0.4) is 0 Å². The van der Waals surface area contributed by atoms with Crippen molar-refractivity contribution in [2.45, 2.75) is 68.1 Å². The second-order valence-corrected chi connectivity index (χ2v) is 15.8. The van der Waals surface area contributed by atoms with Gasteiger partial charge in [0.05, 0.1) is 0 Å². The molecule has 0 atom stereocenters. The quantitative estimate of drug-likeness (QED) is 0.458. The third-order valence-electron chi connectivity index (χ3n) is 5.29. The van der Waals surface area contributed by atoms with Crippen LogP contribution in [0, 0.1) is 0 Å². The van der Waals surface area contributed by atoms with Crippen LogP contribution in [0.5, 0.6) is 0 Å². The third kappa shape index (κ3) is 3.22. The van der Waals surface area contributed by atoms with Gasteiger partial charge in [-0.05, 0) is 0 Å². The van der Waals surface area contributed by atoms with Crippen molar-refractivity contribution in [2.24, 2.45) is 0 Å². The van der Waals surface area contributed by atoms with Crippen LogP contribution in [0.2, 0.25) is 9.26 Å². The zero-order valence-corrected chi connectivity index (χ0v) is 19.1. The predicted octanol–water partition coefficient (Wildman–Crippen LogP) is 6.19. The molecule has 0 N–H and O–H groups in total. The first-order valence-corrected chi connectivity index (χ1v) is 15.2. The van der Waals surface area contributed by atoms with Crippen LogP contribution in [0.4, 0.5) is 0 Å². The van der Waals surface area contributed by atoms with Gasteiger partial charge in [-0.2, -0.15) is 0 Å². The van der Waals surface area contributed by atoms with Crippen molar-refractivity contribution < 1.29 is 21.8 Å². The maximum absolute atomic E-state index is 2.55. The Bertz CT molecular complexity index is 783. The predicted molar refractivity (Wildman–Crippen MR) is 103 cm³/mol. The van der Waals surface area contributed by atoms with Gasteiger partial charge in [-0.25, -0.2) is 0 Å². The molecule has 1 aliphatic carbocycles. The number of fused-ring (bicyclic) bond motifs is 3. The minimum atomic E-state index is -1.44. The zero-order chi connectivity index (χ0) is 17.9. The van der Waals surface area contributed by atoms with E-state index in [4.69, 9.17) is 0 Å². The van der Waals surface area contributed by atoms with Crippen LogP contribution in [0.25, 0.3) is 11.1 Å². The molecule has 1 heteroatoms. The molecule has 0 bridgehead atoms. The van der Waals surface area contributed by atoms with Gasteiger partial charge in [0.15, 0.2) is 0 Å². The van der Waals surface area contributed by atoms with E-state index in [1.807, 2.05) is 0 Å². The molecule has 0 spiro atoms. The molecule has 0 saturated carbocycles. The van der Waals surface area contributed by atoms with E-state index in [1.165, 1.54) is 27.8 Å². The molecular formula is C23H31Zr. The van der Waals surface area contributed by atoms with Crippen molar-refractivity contribution >= 4 is 3.27 Å². The van der Waals surface area contributed by atoms with Gasteiger partial charge in [-0.15, -0.1) is 0 Å². The molecule has 0 fully saturated rings. The Morgan fingerprint density at radius 3 is 1.88 bits per heavy atom. The summed E-state index contributed by atoms with van der Waals surface area (Å²) in [4.78, 5) is 0. The number of hydrogen-bond donors (Lipinski definition) is 0. The zero-order valence-electron chi connectivity index (χ0n) is 16.6. The summed E-state index contributed by atoms with van der Waals surface area (Å²) in [5, 5.41) is 0. The van der Waals surface area contributed by atoms with Crippen molar-refractivity contribution in [3.63, 3.8) is 0 Å². The van der Waals surface area contributed by atoms with Crippen molar-refractivity contribution in [2.75, 3.05) is 0 Å². The molecule has 1 aliphatic rings. The number of hydrogen-bond acceptors (Lipinski definition) is 0. The molecule has 0 aromatic heterocycles. The van der Waals surface area contributed by atoms with E-state index in [-0.39, 0.29) is 10.8 Å². The van der Waals surface area contributed by atoms with Gasteiger partial charge < -0.3 is 0 Å². The van der Waals surface area contributed by atoms with E-state index >= 15 is 0 Å². The molecule has 0 unspecified atom stereocenters. The molecule has 0 radical (unpaired) electrons. The molecule has 0 heterocycles. The summed E-state index contributed by atoms with van der Waals surface area (Å²) < 4.78 is 6.77. The second kappa shape index (κ2) is 5.94. The molecule has 24 heavy (non-hydrogen) atoms. The molecule has 0 nitrogen and oxygen atoms in total. The van der Waals surface area contributed by atoms with Crippen LogP contribution in [0.15, 0.2) is 30.3 Å². The molecule has 2 aromatic carbocycles. The van der Waals surface area contributed by atoms with E-state index in [0.717, 1.165) is 6.42 Å². The molecule has 0 aliphatic heterocycles. The van der Waals surface area contributed by atoms with E-state index in [0.29, 0.717) is 0 Å². The van der Waals surface area contributed by atoms with E-state index < -0.39 is 21.8 Å². The van der Waals surface area contributed by atoms with Crippen LogP contribution >= 0.6 is 0 Å². The minimum absolute atomic E-state index is 0.207. The Morgan fingerprint density at radius 2 is 1.33 bits per heavy atom. The Morgan fingerprint density at radius 1 is 0.750 bits per heavy atom. The molecule has 0 saturated heterocycles. The monoisotopic (exact) mass is 397 g/mol. The van der Waals surface area contributed by atoms with E-state index in [1.54, 1.807) is 8.83 Å². The van der Waals surface area contributed by atoms with Gasteiger partial charge >= 0.3 is 157 Å². The molecule has 3 rings (SSSR count). The molecular weight excluding hydrogens is 367 g/mol. The Labute approximate surface area is 156 Å². The SMILES string of the molecule is [CH3][Zr]([CH3])[c]1cc(C(C)(C)C)cc2c1Cc1ccc(C(C)(C)C)cc1-2. The molecule has 127 valence electrons.